The minimum Gasteiger partial charge on any atom is -0.444 e. The molecule has 0 aromatic rings. The molecule has 2 amide bonds. The molecule has 1 heterocycles. The van der Waals surface area contributed by atoms with E-state index in [1.54, 1.807) is 0 Å². The molecule has 4 unspecified atom stereocenters. The summed E-state index contributed by atoms with van der Waals surface area (Å²) in [6.07, 6.45) is 10.8. The van der Waals surface area contributed by atoms with Crippen molar-refractivity contribution in [2.45, 2.75) is 109 Å². The maximum absolute atomic E-state index is 13.2. The fourth-order valence-corrected chi connectivity index (χ4v) is 8.17. The van der Waals surface area contributed by atoms with E-state index in [0.29, 0.717) is 35.7 Å². The van der Waals surface area contributed by atoms with Crippen molar-refractivity contribution in [2.75, 3.05) is 19.6 Å². The van der Waals surface area contributed by atoms with E-state index in [1.807, 2.05) is 33.9 Å². The molecule has 3 fully saturated rings. The van der Waals surface area contributed by atoms with Crippen LogP contribution in [0.2, 0.25) is 18.6 Å². The zero-order valence-corrected chi connectivity index (χ0v) is 22.7. The number of amides is 2. The highest BCUT2D eigenvalue weighted by molar-refractivity contribution is 6.71. The van der Waals surface area contributed by atoms with Gasteiger partial charge in [-0.3, -0.25) is 4.79 Å². The number of likely N-dealkylation sites (tertiary alicyclic amines) is 1. The minimum absolute atomic E-state index is 0.122. The molecule has 6 nitrogen and oxygen atoms in total. The summed E-state index contributed by atoms with van der Waals surface area (Å²) in [7, 11) is -2.16. The van der Waals surface area contributed by atoms with Crippen LogP contribution in [0.25, 0.3) is 0 Å². The second-order valence-electron chi connectivity index (χ2n) is 12.6. The number of carbonyl (C=O) groups excluding carboxylic acids is 2. The van der Waals surface area contributed by atoms with E-state index in [2.05, 4.69) is 10.2 Å². The number of carbonyl (C=O) groups is 2. The van der Waals surface area contributed by atoms with E-state index in [4.69, 9.17) is 4.74 Å². The first-order valence-electron chi connectivity index (χ1n) is 13.4. The number of piperidine rings is 1. The predicted octanol–water partition coefficient (Wildman–Crippen LogP) is 5.31. The lowest BCUT2D eigenvalue weighted by atomic mass is 9.72. The number of alkyl carbamates (subject to hydrolysis) is 1. The van der Waals surface area contributed by atoms with Gasteiger partial charge in [0.1, 0.15) is 5.60 Å². The van der Waals surface area contributed by atoms with Gasteiger partial charge in [-0.15, -0.1) is 0 Å². The lowest BCUT2D eigenvalue weighted by Gasteiger charge is -2.41. The van der Waals surface area contributed by atoms with E-state index in [1.165, 1.54) is 25.7 Å². The Labute approximate surface area is 202 Å². The molecule has 3 aliphatic rings. The molecule has 7 heteroatoms. The molecule has 1 saturated heterocycles. The number of rotatable bonds is 5. The third-order valence-electron chi connectivity index (χ3n) is 8.30. The molecule has 0 aromatic carbocycles. The Hall–Kier alpha value is -1.08. The van der Waals surface area contributed by atoms with Gasteiger partial charge < -0.3 is 19.7 Å². The summed E-state index contributed by atoms with van der Waals surface area (Å²) in [5.74, 6) is 2.40. The smallest absolute Gasteiger partial charge is 0.407 e. The zero-order valence-electron chi connectivity index (χ0n) is 21.7. The fraction of sp³-hybridized carbons (Fsp3) is 0.923. The Morgan fingerprint density at radius 1 is 0.970 bits per heavy atom. The van der Waals surface area contributed by atoms with E-state index in [0.717, 1.165) is 51.6 Å². The number of hydrogen-bond acceptors (Lipinski definition) is 4. The van der Waals surface area contributed by atoms with Crippen molar-refractivity contribution in [2.24, 2.45) is 23.7 Å². The van der Waals surface area contributed by atoms with Crippen molar-refractivity contribution in [1.82, 2.24) is 10.2 Å². The lowest BCUT2D eigenvalue weighted by molar-refractivity contribution is -0.138. The molecule has 33 heavy (non-hydrogen) atoms. The van der Waals surface area contributed by atoms with E-state index >= 15 is 0 Å². The quantitative estimate of drug-likeness (QED) is 0.522. The zero-order chi connectivity index (χ0) is 24.2. The average molecular weight is 481 g/mol. The summed E-state index contributed by atoms with van der Waals surface area (Å²) in [5, 5.41) is 2.98. The Balaban J connectivity index is 1.42. The second-order valence-corrected chi connectivity index (χ2v) is 16.7. The molecule has 0 bridgehead atoms. The van der Waals surface area contributed by atoms with Gasteiger partial charge in [-0.1, -0.05) is 25.7 Å². The van der Waals surface area contributed by atoms with Gasteiger partial charge in [-0.05, 0) is 95.7 Å². The van der Waals surface area contributed by atoms with Gasteiger partial charge in [0, 0.05) is 25.6 Å². The van der Waals surface area contributed by atoms with Crippen LogP contribution < -0.4 is 5.32 Å². The van der Waals surface area contributed by atoms with Gasteiger partial charge in [0.15, 0.2) is 8.32 Å². The molecular weight excluding hydrogens is 432 g/mol. The Morgan fingerprint density at radius 3 is 2.27 bits per heavy atom. The van der Waals surface area contributed by atoms with Gasteiger partial charge in [0.2, 0.25) is 5.91 Å². The molecule has 1 aliphatic heterocycles. The highest BCUT2D eigenvalue weighted by atomic mass is 28.4. The monoisotopic (exact) mass is 480 g/mol. The van der Waals surface area contributed by atoms with Crippen LogP contribution in [0.3, 0.4) is 0 Å². The molecule has 0 aromatic heterocycles. The maximum Gasteiger partial charge on any atom is 0.407 e. The van der Waals surface area contributed by atoms with Crippen molar-refractivity contribution in [3.63, 3.8) is 0 Å². The van der Waals surface area contributed by atoms with Gasteiger partial charge in [0.25, 0.3) is 0 Å². The molecular formula is C26H48N2O4Si. The third kappa shape index (κ3) is 7.98. The maximum atomic E-state index is 13.2. The molecule has 4 atom stereocenters. The second kappa shape index (κ2) is 11.1. The van der Waals surface area contributed by atoms with Crippen LogP contribution in [-0.4, -0.2) is 55.2 Å². The SMILES string of the molecule is CC(C)(C)OC(=O)NCC1CCCC(C2CCN(C(=O)C3CCCC([Si](C)(C)O)C3)CC2)C1. The Kier molecular flexibility index (Phi) is 8.92. The molecule has 190 valence electrons. The molecule has 0 spiro atoms. The highest BCUT2D eigenvalue weighted by Gasteiger charge is 2.39. The van der Waals surface area contributed by atoms with Crippen LogP contribution in [0.15, 0.2) is 0 Å². The molecule has 2 saturated carbocycles. The van der Waals surface area contributed by atoms with Gasteiger partial charge in [-0.25, -0.2) is 4.79 Å². The number of hydrogen-bond donors (Lipinski definition) is 2. The molecule has 2 N–H and O–H groups in total. The number of ether oxygens (including phenoxy) is 1. The van der Waals surface area contributed by atoms with E-state index in [9.17, 15) is 14.4 Å². The van der Waals surface area contributed by atoms with Crippen molar-refractivity contribution in [1.29, 1.82) is 0 Å². The number of nitrogens with zero attached hydrogens (tertiary/aromatic N) is 1. The summed E-state index contributed by atoms with van der Waals surface area (Å²) in [4.78, 5) is 37.9. The summed E-state index contributed by atoms with van der Waals surface area (Å²) in [6, 6.07) is 0. The van der Waals surface area contributed by atoms with E-state index in [-0.39, 0.29) is 12.0 Å². The molecule has 3 rings (SSSR count). The van der Waals surface area contributed by atoms with Crippen LogP contribution in [0.4, 0.5) is 4.79 Å². The largest absolute Gasteiger partial charge is 0.444 e. The first kappa shape index (κ1) is 26.5. The van der Waals surface area contributed by atoms with Crippen molar-refractivity contribution >= 4 is 20.3 Å². The van der Waals surface area contributed by atoms with Crippen LogP contribution >= 0.6 is 0 Å². The number of nitrogens with one attached hydrogen (secondary N) is 1. The average Bonchev–Trinajstić information content (AvgIpc) is 2.76. The minimum atomic E-state index is -2.16. The van der Waals surface area contributed by atoms with Crippen LogP contribution in [-0.2, 0) is 9.53 Å². The molecule has 2 aliphatic carbocycles. The van der Waals surface area contributed by atoms with Crippen LogP contribution in [0.5, 0.6) is 0 Å². The lowest BCUT2D eigenvalue weighted by Crippen LogP contribution is -2.45. The first-order chi connectivity index (χ1) is 15.4. The Morgan fingerprint density at radius 2 is 1.64 bits per heavy atom. The van der Waals surface area contributed by atoms with Crippen molar-refractivity contribution < 1.29 is 19.1 Å². The highest BCUT2D eigenvalue weighted by Crippen LogP contribution is 2.41. The summed E-state index contributed by atoms with van der Waals surface area (Å²) in [6.45, 7) is 12.2. The van der Waals surface area contributed by atoms with Gasteiger partial charge >= 0.3 is 6.09 Å². The van der Waals surface area contributed by atoms with Crippen LogP contribution in [0, 0.1) is 23.7 Å². The van der Waals surface area contributed by atoms with Gasteiger partial charge in [0.05, 0.1) is 0 Å². The topological polar surface area (TPSA) is 78.9 Å². The Bertz CT molecular complexity index is 664. The first-order valence-corrected chi connectivity index (χ1v) is 16.4. The third-order valence-corrected chi connectivity index (χ3v) is 10.8. The van der Waals surface area contributed by atoms with Crippen LogP contribution in [0.1, 0.15) is 85.0 Å². The molecule has 0 radical (unpaired) electrons. The fourth-order valence-electron chi connectivity index (χ4n) is 6.39. The summed E-state index contributed by atoms with van der Waals surface area (Å²) >= 11 is 0. The standard InChI is InChI=1S/C26H48N2O4Si/c1-26(2,3)32-25(30)27-18-19-8-6-9-21(16-19)20-12-14-28(15-13-20)24(29)22-10-7-11-23(17-22)33(4,5)31/h19-23,31H,6-18H2,1-5H3,(H,27,30). The predicted molar refractivity (Wildman–Crippen MR) is 134 cm³/mol. The normalized spacial score (nSPS) is 30.1. The van der Waals surface area contributed by atoms with Gasteiger partial charge in [-0.2, -0.15) is 0 Å². The van der Waals surface area contributed by atoms with E-state index < -0.39 is 13.9 Å². The van der Waals surface area contributed by atoms with Crippen molar-refractivity contribution in [3.05, 3.63) is 0 Å². The summed E-state index contributed by atoms with van der Waals surface area (Å²) in [5.41, 5.74) is -0.0921. The summed E-state index contributed by atoms with van der Waals surface area (Å²) < 4.78 is 5.38. The van der Waals surface area contributed by atoms with Crippen molar-refractivity contribution in [3.8, 4) is 0 Å².